The van der Waals surface area contributed by atoms with Gasteiger partial charge in [-0.05, 0) is 17.7 Å². The predicted molar refractivity (Wildman–Crippen MR) is 75.0 cm³/mol. The van der Waals surface area contributed by atoms with Crippen LogP contribution in [0.1, 0.15) is 11.1 Å². The fraction of sp³-hybridized carbons (Fsp3) is 0.125. The van der Waals surface area contributed by atoms with Crippen LogP contribution in [0.15, 0.2) is 48.5 Å². The first-order valence-corrected chi connectivity index (χ1v) is 6.73. The van der Waals surface area contributed by atoms with E-state index in [4.69, 9.17) is 0 Å². The van der Waals surface area contributed by atoms with Gasteiger partial charge in [0.2, 0.25) is 0 Å². The van der Waals surface area contributed by atoms with Crippen molar-refractivity contribution >= 4 is 0 Å². The second kappa shape index (κ2) is 4.43. The Kier molecular flexibility index (Phi) is 2.63. The summed E-state index contributed by atoms with van der Waals surface area (Å²) in [6.07, 6.45) is -4.37. The highest BCUT2D eigenvalue weighted by Gasteiger charge is 2.31. The number of rotatable bonds is 1. The lowest BCUT2D eigenvalue weighted by atomic mass is 10.1. The first-order valence-electron chi connectivity index (χ1n) is 6.73. The molecule has 0 saturated carbocycles. The topological polar surface area (TPSA) is 30.7 Å². The molecule has 0 saturated heterocycles. The van der Waals surface area contributed by atoms with E-state index in [1.165, 1.54) is 6.07 Å². The third-order valence-corrected chi connectivity index (χ3v) is 3.70. The van der Waals surface area contributed by atoms with Crippen molar-refractivity contribution in [2.75, 3.05) is 0 Å². The van der Waals surface area contributed by atoms with E-state index in [2.05, 4.69) is 10.1 Å². The molecule has 1 aliphatic rings. The van der Waals surface area contributed by atoms with Crippen LogP contribution in [0.3, 0.4) is 0 Å². The van der Waals surface area contributed by atoms with E-state index >= 15 is 0 Å². The molecule has 3 aromatic rings. The zero-order valence-electron chi connectivity index (χ0n) is 11.3. The molecule has 0 aliphatic carbocycles. The Hall–Kier alpha value is -2.63. The summed E-state index contributed by atoms with van der Waals surface area (Å²) >= 11 is 0. The third-order valence-electron chi connectivity index (χ3n) is 3.70. The second-order valence-electron chi connectivity index (χ2n) is 5.15. The van der Waals surface area contributed by atoms with Gasteiger partial charge in [-0.3, -0.25) is 0 Å². The van der Waals surface area contributed by atoms with Gasteiger partial charge in [-0.1, -0.05) is 36.4 Å². The van der Waals surface area contributed by atoms with Gasteiger partial charge in [0.25, 0.3) is 0 Å². The smallest absolute Gasteiger partial charge is 0.241 e. The van der Waals surface area contributed by atoms with E-state index in [1.807, 2.05) is 24.3 Å². The number of halogens is 3. The van der Waals surface area contributed by atoms with Crippen LogP contribution in [0.4, 0.5) is 13.2 Å². The second-order valence-corrected chi connectivity index (χ2v) is 5.15. The van der Waals surface area contributed by atoms with Crippen molar-refractivity contribution in [3.05, 3.63) is 59.7 Å². The molecule has 0 fully saturated rings. The Morgan fingerprint density at radius 3 is 2.64 bits per heavy atom. The Balaban J connectivity index is 1.78. The molecule has 0 unspecified atom stereocenters. The molecule has 0 bridgehead atoms. The zero-order chi connectivity index (χ0) is 15.3. The van der Waals surface area contributed by atoms with Crippen molar-refractivity contribution in [1.29, 1.82) is 0 Å². The number of hydrogen-bond donors (Lipinski definition) is 0. The van der Waals surface area contributed by atoms with Gasteiger partial charge in [0.1, 0.15) is 0 Å². The molecule has 0 N–H and O–H groups in total. The molecule has 1 aliphatic heterocycles. The molecule has 2 aromatic carbocycles. The van der Waals surface area contributed by atoms with Crippen LogP contribution >= 0.6 is 0 Å². The lowest BCUT2D eigenvalue weighted by Crippen LogP contribution is -2.04. The highest BCUT2D eigenvalue weighted by Crippen LogP contribution is 2.34. The number of nitrogens with zero attached hydrogens (tertiary/aromatic N) is 3. The van der Waals surface area contributed by atoms with Gasteiger partial charge in [-0.2, -0.15) is 18.3 Å². The molecule has 0 radical (unpaired) electrons. The van der Waals surface area contributed by atoms with Crippen LogP contribution in [-0.4, -0.2) is 14.8 Å². The van der Waals surface area contributed by atoms with E-state index in [0.29, 0.717) is 23.8 Å². The lowest BCUT2D eigenvalue weighted by Gasteiger charge is -2.07. The van der Waals surface area contributed by atoms with Crippen LogP contribution in [-0.2, 0) is 12.7 Å². The first-order chi connectivity index (χ1) is 10.5. The molecule has 2 heterocycles. The molecular weight excluding hydrogens is 291 g/mol. The van der Waals surface area contributed by atoms with Gasteiger partial charge < -0.3 is 0 Å². The Morgan fingerprint density at radius 1 is 1.00 bits per heavy atom. The van der Waals surface area contributed by atoms with Crippen LogP contribution in [0.2, 0.25) is 0 Å². The molecule has 6 heteroatoms. The Morgan fingerprint density at radius 2 is 1.82 bits per heavy atom. The predicted octanol–water partition coefficient (Wildman–Crippen LogP) is 3.99. The van der Waals surface area contributed by atoms with E-state index in [9.17, 15) is 13.2 Å². The fourth-order valence-corrected chi connectivity index (χ4v) is 2.65. The summed E-state index contributed by atoms with van der Waals surface area (Å²) in [7, 11) is 0. The van der Waals surface area contributed by atoms with Gasteiger partial charge in [0.15, 0.2) is 11.6 Å². The molecular formula is C16H10F3N3. The highest BCUT2D eigenvalue weighted by atomic mass is 19.4. The van der Waals surface area contributed by atoms with Gasteiger partial charge in [0, 0.05) is 11.1 Å². The number of benzene rings is 2. The zero-order valence-corrected chi connectivity index (χ0v) is 11.3. The van der Waals surface area contributed by atoms with Crippen LogP contribution in [0.25, 0.3) is 22.8 Å². The monoisotopic (exact) mass is 301 g/mol. The number of aromatic nitrogens is 3. The minimum absolute atomic E-state index is 0.315. The number of alkyl halides is 3. The summed E-state index contributed by atoms with van der Waals surface area (Å²) < 4.78 is 40.1. The van der Waals surface area contributed by atoms with E-state index < -0.39 is 11.7 Å². The summed E-state index contributed by atoms with van der Waals surface area (Å²) in [5.41, 5.74) is 1.77. The maximum atomic E-state index is 12.8. The third kappa shape index (κ3) is 1.99. The Bertz CT molecular complexity index is 865. The first kappa shape index (κ1) is 13.1. The summed E-state index contributed by atoms with van der Waals surface area (Å²) in [4.78, 5) is 4.41. The summed E-state index contributed by atoms with van der Waals surface area (Å²) in [6.45, 7) is 0.595. The van der Waals surface area contributed by atoms with Crippen molar-refractivity contribution in [3.8, 4) is 22.8 Å². The largest absolute Gasteiger partial charge is 0.416 e. The maximum Gasteiger partial charge on any atom is 0.416 e. The average molecular weight is 301 g/mol. The molecule has 0 amide bonds. The molecule has 22 heavy (non-hydrogen) atoms. The van der Waals surface area contributed by atoms with Crippen molar-refractivity contribution in [3.63, 3.8) is 0 Å². The van der Waals surface area contributed by atoms with Crippen molar-refractivity contribution in [2.45, 2.75) is 12.7 Å². The van der Waals surface area contributed by atoms with Crippen molar-refractivity contribution in [1.82, 2.24) is 14.8 Å². The number of hydrogen-bond acceptors (Lipinski definition) is 2. The van der Waals surface area contributed by atoms with E-state index in [1.54, 1.807) is 10.7 Å². The molecule has 4 rings (SSSR count). The molecule has 3 nitrogen and oxygen atoms in total. The van der Waals surface area contributed by atoms with Gasteiger partial charge in [0.05, 0.1) is 12.1 Å². The SMILES string of the molecule is FC(F)(F)c1cccc(-c2nc3n(n2)Cc2ccccc2-3)c1. The molecule has 0 spiro atoms. The minimum Gasteiger partial charge on any atom is -0.241 e. The van der Waals surface area contributed by atoms with E-state index in [-0.39, 0.29) is 0 Å². The van der Waals surface area contributed by atoms with Gasteiger partial charge >= 0.3 is 6.18 Å². The normalized spacial score (nSPS) is 13.0. The maximum absolute atomic E-state index is 12.8. The standard InChI is InChI=1S/C16H10F3N3/c17-16(18,19)12-6-3-5-10(8-12)14-20-15-13-7-2-1-4-11(13)9-22(15)21-14/h1-8H,9H2. The number of fused-ring (bicyclic) bond motifs is 3. The fourth-order valence-electron chi connectivity index (χ4n) is 2.65. The summed E-state index contributed by atoms with van der Waals surface area (Å²) in [5, 5.41) is 4.34. The minimum atomic E-state index is -4.37. The van der Waals surface area contributed by atoms with Crippen molar-refractivity contribution in [2.24, 2.45) is 0 Å². The van der Waals surface area contributed by atoms with Gasteiger partial charge in [-0.15, -0.1) is 0 Å². The quantitative estimate of drug-likeness (QED) is 0.532. The van der Waals surface area contributed by atoms with Crippen molar-refractivity contribution < 1.29 is 13.2 Å². The lowest BCUT2D eigenvalue weighted by molar-refractivity contribution is -0.137. The van der Waals surface area contributed by atoms with Gasteiger partial charge in [-0.25, -0.2) is 9.67 Å². The Labute approximate surface area is 124 Å². The van der Waals surface area contributed by atoms with Crippen LogP contribution in [0.5, 0.6) is 0 Å². The molecule has 110 valence electrons. The van der Waals surface area contributed by atoms with E-state index in [0.717, 1.165) is 23.3 Å². The molecule has 0 atom stereocenters. The van der Waals surface area contributed by atoms with Crippen LogP contribution in [0, 0.1) is 0 Å². The average Bonchev–Trinajstić information content (AvgIpc) is 3.04. The van der Waals surface area contributed by atoms with Crippen LogP contribution < -0.4 is 0 Å². The highest BCUT2D eigenvalue weighted by molar-refractivity contribution is 5.67. The summed E-state index contributed by atoms with van der Waals surface area (Å²) in [5.74, 6) is 1.01. The summed E-state index contributed by atoms with van der Waals surface area (Å²) in [6, 6.07) is 12.9. The molecule has 1 aromatic heterocycles.